The smallest absolute Gasteiger partial charge is 0.262 e. The van der Waals surface area contributed by atoms with Gasteiger partial charge in [-0.05, 0) is 69.5 Å². The molecule has 1 fully saturated rings. The standard InChI is InChI=1S/C28H35FN4O5/c1-18(2)30-26(35)17-33-27(19-5-7-23(29)25(15-19)37-3)31-24-8-6-21(16-22(24)28(33)36)38-14-4-11-32-12-9-20(34)10-13-32/h5-8,15-16,18,20,34H,4,9-14,17H2,1-3H3,(H,30,35). The summed E-state index contributed by atoms with van der Waals surface area (Å²) in [6.07, 6.45) is 2.22. The van der Waals surface area contributed by atoms with Gasteiger partial charge < -0.3 is 24.8 Å². The second-order valence-electron chi connectivity index (χ2n) is 9.85. The van der Waals surface area contributed by atoms with E-state index in [9.17, 15) is 19.1 Å². The van der Waals surface area contributed by atoms with Crippen molar-refractivity contribution < 1.29 is 23.8 Å². The van der Waals surface area contributed by atoms with Gasteiger partial charge in [-0.3, -0.25) is 14.2 Å². The van der Waals surface area contributed by atoms with Gasteiger partial charge in [-0.2, -0.15) is 0 Å². The fourth-order valence-corrected chi connectivity index (χ4v) is 4.59. The van der Waals surface area contributed by atoms with E-state index < -0.39 is 11.4 Å². The highest BCUT2D eigenvalue weighted by Crippen LogP contribution is 2.27. The number of aliphatic hydroxyl groups is 1. The number of rotatable bonds is 10. The molecule has 1 saturated heterocycles. The van der Waals surface area contributed by atoms with E-state index in [2.05, 4.69) is 15.2 Å². The molecule has 0 bridgehead atoms. The highest BCUT2D eigenvalue weighted by atomic mass is 19.1. The van der Waals surface area contributed by atoms with E-state index in [0.717, 1.165) is 38.9 Å². The number of carbonyl (C=O) groups is 1. The van der Waals surface area contributed by atoms with Gasteiger partial charge in [-0.1, -0.05) is 0 Å². The lowest BCUT2D eigenvalue weighted by atomic mass is 10.1. The van der Waals surface area contributed by atoms with E-state index >= 15 is 0 Å². The molecule has 0 radical (unpaired) electrons. The quantitative estimate of drug-likeness (QED) is 0.391. The molecular formula is C28H35FN4O5. The zero-order valence-corrected chi connectivity index (χ0v) is 22.1. The van der Waals surface area contributed by atoms with Gasteiger partial charge in [-0.25, -0.2) is 9.37 Å². The van der Waals surface area contributed by atoms with E-state index in [1.807, 2.05) is 13.8 Å². The largest absolute Gasteiger partial charge is 0.494 e. The number of nitrogens with one attached hydrogen (secondary N) is 1. The number of methoxy groups -OCH3 is 1. The van der Waals surface area contributed by atoms with Gasteiger partial charge in [0.1, 0.15) is 18.1 Å². The SMILES string of the molecule is COc1cc(-c2nc3ccc(OCCCN4CCC(O)CC4)cc3c(=O)n2CC(=O)NC(C)C)ccc1F. The summed E-state index contributed by atoms with van der Waals surface area (Å²) < 4.78 is 26.4. The van der Waals surface area contributed by atoms with Crippen molar-refractivity contribution in [3.05, 3.63) is 52.6 Å². The molecule has 3 aromatic rings. The first kappa shape index (κ1) is 27.5. The minimum absolute atomic E-state index is 0.0134. The number of halogens is 1. The van der Waals surface area contributed by atoms with Gasteiger partial charge in [-0.15, -0.1) is 0 Å². The number of piperidine rings is 1. The molecule has 4 rings (SSSR count). The van der Waals surface area contributed by atoms with Crippen molar-refractivity contribution in [2.45, 2.75) is 51.8 Å². The summed E-state index contributed by atoms with van der Waals surface area (Å²) in [5.74, 6) is -0.0845. The third kappa shape index (κ3) is 6.68. The van der Waals surface area contributed by atoms with Gasteiger partial charge in [0.05, 0.1) is 30.7 Å². The molecule has 0 unspecified atom stereocenters. The van der Waals surface area contributed by atoms with Gasteiger partial charge in [0.2, 0.25) is 5.91 Å². The Morgan fingerprint density at radius 1 is 1.21 bits per heavy atom. The molecule has 1 aromatic heterocycles. The van der Waals surface area contributed by atoms with E-state index in [4.69, 9.17) is 9.47 Å². The number of hydrogen-bond donors (Lipinski definition) is 2. The number of nitrogens with zero attached hydrogens (tertiary/aromatic N) is 3. The number of amides is 1. The Kier molecular flexibility index (Phi) is 8.96. The van der Waals surface area contributed by atoms with Crippen LogP contribution < -0.4 is 20.3 Å². The molecule has 0 saturated carbocycles. The number of ether oxygens (including phenoxy) is 2. The van der Waals surface area contributed by atoms with Crippen molar-refractivity contribution in [2.24, 2.45) is 0 Å². The minimum atomic E-state index is -0.539. The number of hydrogen-bond acceptors (Lipinski definition) is 7. The number of carbonyl (C=O) groups excluding carboxylic acids is 1. The van der Waals surface area contributed by atoms with Crippen LogP contribution in [0.1, 0.15) is 33.1 Å². The van der Waals surface area contributed by atoms with Crippen LogP contribution in [-0.2, 0) is 11.3 Å². The highest BCUT2D eigenvalue weighted by molar-refractivity contribution is 5.83. The molecule has 9 nitrogen and oxygen atoms in total. The Morgan fingerprint density at radius 3 is 2.68 bits per heavy atom. The maximum absolute atomic E-state index is 14.1. The maximum atomic E-state index is 14.1. The number of aromatic nitrogens is 2. The first-order chi connectivity index (χ1) is 18.2. The molecule has 1 aliphatic rings. The summed E-state index contributed by atoms with van der Waals surface area (Å²) in [7, 11) is 1.36. The Labute approximate surface area is 221 Å². The molecule has 0 atom stereocenters. The topological polar surface area (TPSA) is 106 Å². The first-order valence-electron chi connectivity index (χ1n) is 13.0. The number of benzene rings is 2. The summed E-state index contributed by atoms with van der Waals surface area (Å²) in [5.41, 5.74) is 0.489. The third-order valence-electron chi connectivity index (χ3n) is 6.53. The van der Waals surface area contributed by atoms with Gasteiger partial charge in [0.15, 0.2) is 11.6 Å². The van der Waals surface area contributed by atoms with E-state index in [-0.39, 0.29) is 36.2 Å². The average Bonchev–Trinajstić information content (AvgIpc) is 2.89. The van der Waals surface area contributed by atoms with Gasteiger partial charge in [0, 0.05) is 31.2 Å². The van der Waals surface area contributed by atoms with Crippen molar-refractivity contribution in [2.75, 3.05) is 33.4 Å². The Balaban J connectivity index is 1.60. The molecular weight excluding hydrogens is 491 g/mol. The normalized spacial score (nSPS) is 14.7. The van der Waals surface area contributed by atoms with Crippen molar-refractivity contribution in [1.29, 1.82) is 0 Å². The van der Waals surface area contributed by atoms with Crippen LogP contribution in [0.2, 0.25) is 0 Å². The van der Waals surface area contributed by atoms with Crippen LogP contribution in [0.5, 0.6) is 11.5 Å². The number of fused-ring (bicyclic) bond motifs is 1. The number of likely N-dealkylation sites (tertiary alicyclic amines) is 1. The van der Waals surface area contributed by atoms with Crippen molar-refractivity contribution in [1.82, 2.24) is 19.8 Å². The van der Waals surface area contributed by atoms with Crippen LogP contribution in [-0.4, -0.2) is 71.0 Å². The highest BCUT2D eigenvalue weighted by Gasteiger charge is 2.19. The molecule has 1 amide bonds. The lowest BCUT2D eigenvalue weighted by Crippen LogP contribution is -2.37. The first-order valence-corrected chi connectivity index (χ1v) is 13.0. The zero-order valence-electron chi connectivity index (χ0n) is 22.1. The van der Waals surface area contributed by atoms with Crippen LogP contribution in [0.15, 0.2) is 41.2 Å². The summed E-state index contributed by atoms with van der Waals surface area (Å²) in [6.45, 7) is 6.56. The molecule has 204 valence electrons. The van der Waals surface area contributed by atoms with Crippen molar-refractivity contribution in [3.8, 4) is 22.9 Å². The summed E-state index contributed by atoms with van der Waals surface area (Å²) in [6, 6.07) is 9.22. The molecule has 2 N–H and O–H groups in total. The Bertz CT molecular complexity index is 1330. The zero-order chi connectivity index (χ0) is 27.2. The van der Waals surface area contributed by atoms with Crippen LogP contribution in [0, 0.1) is 5.82 Å². The van der Waals surface area contributed by atoms with Crippen LogP contribution in [0.3, 0.4) is 0 Å². The van der Waals surface area contributed by atoms with Crippen molar-refractivity contribution in [3.63, 3.8) is 0 Å². The van der Waals surface area contributed by atoms with Gasteiger partial charge in [0.25, 0.3) is 5.56 Å². The second-order valence-corrected chi connectivity index (χ2v) is 9.85. The van der Waals surface area contributed by atoms with Gasteiger partial charge >= 0.3 is 0 Å². The molecule has 1 aliphatic heterocycles. The summed E-state index contributed by atoms with van der Waals surface area (Å²) in [4.78, 5) is 33.3. The Morgan fingerprint density at radius 2 is 1.97 bits per heavy atom. The molecule has 10 heteroatoms. The predicted octanol–water partition coefficient (Wildman–Crippen LogP) is 2.96. The van der Waals surface area contributed by atoms with Crippen LogP contribution in [0.25, 0.3) is 22.3 Å². The van der Waals surface area contributed by atoms with Crippen LogP contribution >= 0.6 is 0 Å². The molecule has 0 aliphatic carbocycles. The average molecular weight is 527 g/mol. The lowest BCUT2D eigenvalue weighted by Gasteiger charge is -2.29. The summed E-state index contributed by atoms with van der Waals surface area (Å²) in [5, 5.41) is 12.8. The molecule has 0 spiro atoms. The van der Waals surface area contributed by atoms with E-state index in [1.54, 1.807) is 18.2 Å². The molecule has 38 heavy (non-hydrogen) atoms. The monoisotopic (exact) mass is 526 g/mol. The molecule has 2 heterocycles. The third-order valence-corrected chi connectivity index (χ3v) is 6.53. The predicted molar refractivity (Wildman–Crippen MR) is 143 cm³/mol. The Hall–Kier alpha value is -3.50. The second kappa shape index (κ2) is 12.4. The number of aliphatic hydroxyl groups excluding tert-OH is 1. The molecule has 2 aromatic carbocycles. The fourth-order valence-electron chi connectivity index (χ4n) is 4.59. The maximum Gasteiger partial charge on any atom is 0.262 e. The lowest BCUT2D eigenvalue weighted by molar-refractivity contribution is -0.122. The fraction of sp³-hybridized carbons (Fsp3) is 0.464. The summed E-state index contributed by atoms with van der Waals surface area (Å²) >= 11 is 0. The van der Waals surface area contributed by atoms with Crippen molar-refractivity contribution >= 4 is 16.8 Å². The minimum Gasteiger partial charge on any atom is -0.494 e. The van der Waals surface area contributed by atoms with Crippen LogP contribution in [0.4, 0.5) is 4.39 Å². The van der Waals surface area contributed by atoms with E-state index in [1.165, 1.54) is 29.9 Å². The van der Waals surface area contributed by atoms with E-state index in [0.29, 0.717) is 28.8 Å².